The lowest BCUT2D eigenvalue weighted by Crippen LogP contribution is -2.18. The van der Waals surface area contributed by atoms with Crippen LogP contribution in [0, 0.1) is 0 Å². The Balaban J connectivity index is 1.42. The first-order valence-electron chi connectivity index (χ1n) is 8.39. The Morgan fingerprint density at radius 3 is 2.96 bits per heavy atom. The van der Waals surface area contributed by atoms with Gasteiger partial charge in [0.05, 0.1) is 18.5 Å². The van der Waals surface area contributed by atoms with Crippen LogP contribution in [0.3, 0.4) is 0 Å². The van der Waals surface area contributed by atoms with E-state index in [0.717, 1.165) is 25.1 Å². The number of furan rings is 1. The van der Waals surface area contributed by atoms with Crippen LogP contribution in [0.5, 0.6) is 0 Å². The average molecular weight is 327 g/mol. The van der Waals surface area contributed by atoms with Crippen LogP contribution in [-0.4, -0.2) is 32.3 Å². The van der Waals surface area contributed by atoms with Crippen molar-refractivity contribution in [3.8, 4) is 11.7 Å². The molecule has 0 aliphatic heterocycles. The molecular formula is C17H21N5O2. The van der Waals surface area contributed by atoms with Crippen molar-refractivity contribution < 1.29 is 8.83 Å². The molecule has 126 valence electrons. The van der Waals surface area contributed by atoms with Gasteiger partial charge in [-0.1, -0.05) is 6.42 Å². The van der Waals surface area contributed by atoms with Crippen molar-refractivity contribution in [3.63, 3.8) is 0 Å². The number of aromatic nitrogens is 4. The zero-order valence-corrected chi connectivity index (χ0v) is 13.8. The predicted molar refractivity (Wildman–Crippen MR) is 87.0 cm³/mol. The van der Waals surface area contributed by atoms with Crippen LogP contribution in [0.25, 0.3) is 11.7 Å². The second kappa shape index (κ2) is 6.60. The van der Waals surface area contributed by atoms with Gasteiger partial charge in [0.15, 0.2) is 5.76 Å². The summed E-state index contributed by atoms with van der Waals surface area (Å²) in [6, 6.07) is 3.61. The van der Waals surface area contributed by atoms with E-state index in [0.29, 0.717) is 24.1 Å². The molecule has 1 aliphatic carbocycles. The summed E-state index contributed by atoms with van der Waals surface area (Å²) in [5.41, 5.74) is 3.86. The molecule has 1 N–H and O–H groups in total. The predicted octanol–water partition coefficient (Wildman–Crippen LogP) is 2.95. The number of H-pyrrole nitrogens is 1. The minimum Gasteiger partial charge on any atom is -0.459 e. The number of aryl methyl sites for hydroxylation is 1. The van der Waals surface area contributed by atoms with Crippen molar-refractivity contribution in [2.45, 2.75) is 45.2 Å². The van der Waals surface area contributed by atoms with E-state index in [1.807, 2.05) is 7.05 Å². The normalized spacial score (nSPS) is 14.8. The van der Waals surface area contributed by atoms with Crippen LogP contribution in [-0.2, 0) is 25.9 Å². The van der Waals surface area contributed by atoms with E-state index in [-0.39, 0.29) is 0 Å². The van der Waals surface area contributed by atoms with Crippen LogP contribution >= 0.6 is 0 Å². The van der Waals surface area contributed by atoms with Gasteiger partial charge in [0.1, 0.15) is 0 Å². The maximum Gasteiger partial charge on any atom is 0.283 e. The monoisotopic (exact) mass is 327 g/mol. The van der Waals surface area contributed by atoms with Crippen LogP contribution in [0.2, 0.25) is 0 Å². The minimum absolute atomic E-state index is 0.414. The molecule has 0 amide bonds. The number of aromatic amines is 1. The highest BCUT2D eigenvalue weighted by atomic mass is 16.4. The topological polar surface area (TPSA) is 84.0 Å². The summed E-state index contributed by atoms with van der Waals surface area (Å²) in [5.74, 6) is 1.58. The molecule has 24 heavy (non-hydrogen) atoms. The van der Waals surface area contributed by atoms with Gasteiger partial charge in [-0.25, -0.2) is 0 Å². The number of hydrogen-bond donors (Lipinski definition) is 1. The Morgan fingerprint density at radius 1 is 1.17 bits per heavy atom. The first-order chi connectivity index (χ1) is 11.8. The quantitative estimate of drug-likeness (QED) is 0.725. The van der Waals surface area contributed by atoms with Crippen molar-refractivity contribution in [2.75, 3.05) is 7.05 Å². The molecule has 7 heteroatoms. The highest BCUT2D eigenvalue weighted by molar-refractivity contribution is 5.42. The standard InChI is InChI=1S/C17H21N5O2/c1-22(10-14-12-6-3-2-4-7-13(12)18-19-14)11-16-20-21-17(24-16)15-8-5-9-23-15/h5,8-9H,2-4,6-7,10-11H2,1H3,(H,18,19). The largest absolute Gasteiger partial charge is 0.459 e. The van der Waals surface area contributed by atoms with E-state index in [1.54, 1.807) is 18.4 Å². The summed E-state index contributed by atoms with van der Waals surface area (Å²) in [6.07, 6.45) is 7.63. The highest BCUT2D eigenvalue weighted by Gasteiger charge is 2.18. The van der Waals surface area contributed by atoms with Gasteiger partial charge < -0.3 is 8.83 Å². The van der Waals surface area contributed by atoms with Crippen LogP contribution in [0.4, 0.5) is 0 Å². The summed E-state index contributed by atoms with van der Waals surface area (Å²) in [7, 11) is 2.04. The van der Waals surface area contributed by atoms with Crippen molar-refractivity contribution >= 4 is 0 Å². The molecule has 0 spiro atoms. The molecule has 0 fully saturated rings. The summed E-state index contributed by atoms with van der Waals surface area (Å²) >= 11 is 0. The van der Waals surface area contributed by atoms with Crippen LogP contribution < -0.4 is 0 Å². The molecule has 0 saturated heterocycles. The summed E-state index contributed by atoms with van der Waals surface area (Å²) < 4.78 is 10.9. The van der Waals surface area contributed by atoms with E-state index < -0.39 is 0 Å². The van der Waals surface area contributed by atoms with Gasteiger partial charge in [-0.05, 0) is 50.4 Å². The molecule has 0 aromatic carbocycles. The Labute approximate surface area is 140 Å². The van der Waals surface area contributed by atoms with Crippen molar-refractivity contribution in [1.82, 2.24) is 25.3 Å². The van der Waals surface area contributed by atoms with E-state index >= 15 is 0 Å². The molecule has 0 unspecified atom stereocenters. The third kappa shape index (κ3) is 3.12. The number of rotatable bonds is 5. The summed E-state index contributed by atoms with van der Waals surface area (Å²) in [4.78, 5) is 2.14. The van der Waals surface area contributed by atoms with Gasteiger partial charge in [0.25, 0.3) is 5.89 Å². The molecule has 0 saturated carbocycles. The van der Waals surface area contributed by atoms with Gasteiger partial charge in [-0.2, -0.15) is 5.10 Å². The fourth-order valence-corrected chi connectivity index (χ4v) is 3.22. The van der Waals surface area contributed by atoms with E-state index in [9.17, 15) is 0 Å². The summed E-state index contributed by atoms with van der Waals surface area (Å²) in [6.45, 7) is 1.35. The zero-order chi connectivity index (χ0) is 16.4. The second-order valence-electron chi connectivity index (χ2n) is 6.34. The van der Waals surface area contributed by atoms with E-state index in [1.165, 1.54) is 30.5 Å². The van der Waals surface area contributed by atoms with Crippen molar-refractivity contribution in [1.29, 1.82) is 0 Å². The number of nitrogens with one attached hydrogen (secondary N) is 1. The Morgan fingerprint density at radius 2 is 2.08 bits per heavy atom. The highest BCUT2D eigenvalue weighted by Crippen LogP contribution is 2.23. The third-order valence-corrected chi connectivity index (χ3v) is 4.42. The molecule has 0 atom stereocenters. The molecule has 4 rings (SSSR count). The maximum absolute atomic E-state index is 5.66. The lowest BCUT2D eigenvalue weighted by Gasteiger charge is -2.13. The molecule has 0 bridgehead atoms. The maximum atomic E-state index is 5.66. The van der Waals surface area contributed by atoms with Gasteiger partial charge in [-0.15, -0.1) is 10.2 Å². The first-order valence-corrected chi connectivity index (χ1v) is 8.39. The fraction of sp³-hybridized carbons (Fsp3) is 0.471. The Hall–Kier alpha value is -2.41. The molecular weight excluding hydrogens is 306 g/mol. The lowest BCUT2D eigenvalue weighted by molar-refractivity contribution is 0.278. The van der Waals surface area contributed by atoms with E-state index in [2.05, 4.69) is 25.3 Å². The molecule has 3 heterocycles. The van der Waals surface area contributed by atoms with E-state index in [4.69, 9.17) is 8.83 Å². The Kier molecular flexibility index (Phi) is 4.17. The third-order valence-electron chi connectivity index (χ3n) is 4.42. The first kappa shape index (κ1) is 15.1. The number of fused-ring (bicyclic) bond motifs is 1. The van der Waals surface area contributed by atoms with Crippen molar-refractivity contribution in [3.05, 3.63) is 41.2 Å². The van der Waals surface area contributed by atoms with Crippen molar-refractivity contribution in [2.24, 2.45) is 0 Å². The van der Waals surface area contributed by atoms with Crippen LogP contribution in [0.1, 0.15) is 42.1 Å². The van der Waals surface area contributed by atoms with Crippen LogP contribution in [0.15, 0.2) is 27.2 Å². The molecule has 0 radical (unpaired) electrons. The fourth-order valence-electron chi connectivity index (χ4n) is 3.22. The molecule has 7 nitrogen and oxygen atoms in total. The summed E-state index contributed by atoms with van der Waals surface area (Å²) in [5, 5.41) is 15.9. The molecule has 3 aromatic rings. The number of nitrogens with zero attached hydrogens (tertiary/aromatic N) is 4. The SMILES string of the molecule is CN(Cc1nnc(-c2ccco2)o1)Cc1n[nH]c2c1CCCCC2. The smallest absolute Gasteiger partial charge is 0.283 e. The van der Waals surface area contributed by atoms with Gasteiger partial charge >= 0.3 is 0 Å². The molecule has 1 aliphatic rings. The van der Waals surface area contributed by atoms with Gasteiger partial charge in [0.2, 0.25) is 5.89 Å². The lowest BCUT2D eigenvalue weighted by atomic mass is 10.1. The van der Waals surface area contributed by atoms with Gasteiger partial charge in [-0.3, -0.25) is 10.00 Å². The second-order valence-corrected chi connectivity index (χ2v) is 6.34. The average Bonchev–Trinajstić information content (AvgIpc) is 3.28. The Bertz CT molecular complexity index is 790. The van der Waals surface area contributed by atoms with Gasteiger partial charge in [0, 0.05) is 12.2 Å². The number of hydrogen-bond acceptors (Lipinski definition) is 6. The zero-order valence-electron chi connectivity index (χ0n) is 13.8. The minimum atomic E-state index is 0.414. The molecule has 3 aromatic heterocycles.